The second-order valence-corrected chi connectivity index (χ2v) is 7.36. The summed E-state index contributed by atoms with van der Waals surface area (Å²) in [7, 11) is 0. The van der Waals surface area contributed by atoms with Gasteiger partial charge in [-0.25, -0.2) is 9.59 Å². The molecule has 4 N–H and O–H groups in total. The van der Waals surface area contributed by atoms with E-state index in [-0.39, 0.29) is 0 Å². The lowest BCUT2D eigenvalue weighted by atomic mass is 10.2. The van der Waals surface area contributed by atoms with Crippen LogP contribution in [0.5, 0.6) is 0 Å². The topological polar surface area (TPSA) is 104 Å². The Bertz CT molecular complexity index is 857. The quantitative estimate of drug-likeness (QED) is 0.470. The molecule has 2 aromatic carbocycles. The Hall–Kier alpha value is -2.48. The second kappa shape index (κ2) is 10.8. The number of nitrogens with two attached hydrogens (primary N) is 1. The predicted molar refractivity (Wildman–Crippen MR) is 112 cm³/mol. The van der Waals surface area contributed by atoms with E-state index in [4.69, 9.17) is 27.5 Å². The van der Waals surface area contributed by atoms with Crippen LogP contribution in [0.15, 0.2) is 64.4 Å². The Morgan fingerprint density at radius 1 is 1.00 bits per heavy atom. The smallest absolute Gasteiger partial charge is 0.328 e. The molecule has 0 amide bonds. The zero-order chi connectivity index (χ0) is 20.5. The summed E-state index contributed by atoms with van der Waals surface area (Å²) >= 11 is 7.98. The maximum Gasteiger partial charge on any atom is 0.328 e. The van der Waals surface area contributed by atoms with Crippen molar-refractivity contribution < 1.29 is 19.8 Å². The van der Waals surface area contributed by atoms with Crippen LogP contribution in [0.25, 0.3) is 0 Å². The monoisotopic (exact) mass is 420 g/mol. The highest BCUT2D eigenvalue weighted by Gasteiger charge is 2.22. The van der Waals surface area contributed by atoms with Crippen molar-refractivity contribution in [3.05, 3.63) is 59.6 Å². The van der Waals surface area contributed by atoms with Gasteiger partial charge in [-0.15, -0.1) is 0 Å². The number of hydrogen-bond donors (Lipinski definition) is 3. The molecule has 0 radical (unpaired) electrons. The van der Waals surface area contributed by atoms with Crippen LogP contribution in [0.2, 0.25) is 5.02 Å². The molecule has 0 unspecified atom stereocenters. The number of carboxylic acids is 2. The van der Waals surface area contributed by atoms with Crippen molar-refractivity contribution in [2.45, 2.75) is 22.6 Å². The standard InChI is InChI=1S/C16H17ClN2S.C4H4O4/c17-12-7-8-16-14(11-12)19(10-4-3-9-18)13-5-1-2-6-15(13)20-16;5-3(6)1-2-4(7)8/h1-2,5-8,11H,3-4,9-10,18H2;1-2H,(H,5,6)(H,7,8)/b;2-1+. The van der Waals surface area contributed by atoms with Gasteiger partial charge >= 0.3 is 11.9 Å². The van der Waals surface area contributed by atoms with E-state index in [1.165, 1.54) is 21.2 Å². The number of aliphatic carboxylic acids is 2. The van der Waals surface area contributed by atoms with E-state index in [9.17, 15) is 9.59 Å². The van der Waals surface area contributed by atoms with Crippen molar-refractivity contribution in [3.8, 4) is 0 Å². The fourth-order valence-electron chi connectivity index (χ4n) is 2.60. The van der Waals surface area contributed by atoms with Crippen molar-refractivity contribution in [1.29, 1.82) is 0 Å². The number of anilines is 2. The molecular formula is C20H21ClN2O4S. The van der Waals surface area contributed by atoms with E-state index in [2.05, 4.69) is 41.3 Å². The SMILES string of the molecule is NCCCCN1c2ccccc2Sc2ccc(Cl)cc21.O=C(O)/C=C/C(=O)O. The highest BCUT2D eigenvalue weighted by Crippen LogP contribution is 2.48. The molecular weight excluding hydrogens is 400 g/mol. The summed E-state index contributed by atoms with van der Waals surface area (Å²) in [6.45, 7) is 1.72. The molecule has 0 bridgehead atoms. The maximum absolute atomic E-state index is 9.55. The average Bonchev–Trinajstić information content (AvgIpc) is 2.67. The Kier molecular flexibility index (Phi) is 8.38. The van der Waals surface area contributed by atoms with Crippen LogP contribution in [0.4, 0.5) is 11.4 Å². The van der Waals surface area contributed by atoms with Crippen molar-refractivity contribution in [1.82, 2.24) is 0 Å². The van der Waals surface area contributed by atoms with Gasteiger partial charge < -0.3 is 20.8 Å². The Balaban J connectivity index is 0.000000300. The molecule has 0 fully saturated rings. The number of para-hydroxylation sites is 1. The first-order valence-electron chi connectivity index (χ1n) is 8.60. The first kappa shape index (κ1) is 21.8. The largest absolute Gasteiger partial charge is 0.478 e. The third-order valence-electron chi connectivity index (χ3n) is 3.79. The molecule has 8 heteroatoms. The zero-order valence-corrected chi connectivity index (χ0v) is 16.6. The molecule has 2 aromatic rings. The molecule has 1 heterocycles. The molecule has 3 rings (SSSR count). The number of halogens is 1. The Labute approximate surface area is 172 Å². The summed E-state index contributed by atoms with van der Waals surface area (Å²) in [5, 5.41) is 16.4. The summed E-state index contributed by atoms with van der Waals surface area (Å²) in [6.07, 6.45) is 3.24. The van der Waals surface area contributed by atoms with Gasteiger partial charge in [-0.05, 0) is 49.7 Å². The minimum Gasteiger partial charge on any atom is -0.478 e. The molecule has 1 aliphatic rings. The molecule has 0 spiro atoms. The Morgan fingerprint density at radius 3 is 2.29 bits per heavy atom. The fraction of sp³-hybridized carbons (Fsp3) is 0.200. The third kappa shape index (κ3) is 6.30. The maximum atomic E-state index is 9.55. The van der Waals surface area contributed by atoms with E-state index < -0.39 is 11.9 Å². The molecule has 1 aliphatic heterocycles. The minimum atomic E-state index is -1.26. The van der Waals surface area contributed by atoms with Crippen LogP contribution in [0, 0.1) is 0 Å². The van der Waals surface area contributed by atoms with Crippen molar-refractivity contribution >= 4 is 46.7 Å². The fourth-order valence-corrected chi connectivity index (χ4v) is 3.84. The minimum absolute atomic E-state index is 0.558. The van der Waals surface area contributed by atoms with Gasteiger partial charge in [0.25, 0.3) is 0 Å². The van der Waals surface area contributed by atoms with Gasteiger partial charge in [0.15, 0.2) is 0 Å². The van der Waals surface area contributed by atoms with E-state index in [1.54, 1.807) is 0 Å². The van der Waals surface area contributed by atoms with Crippen LogP contribution in [-0.2, 0) is 9.59 Å². The van der Waals surface area contributed by atoms with Crippen LogP contribution >= 0.6 is 23.4 Å². The van der Waals surface area contributed by atoms with Crippen molar-refractivity contribution in [3.63, 3.8) is 0 Å². The van der Waals surface area contributed by atoms with Gasteiger partial charge in [0, 0.05) is 33.5 Å². The number of benzene rings is 2. The number of hydrogen-bond acceptors (Lipinski definition) is 5. The molecule has 0 saturated carbocycles. The van der Waals surface area contributed by atoms with Gasteiger partial charge in [0.1, 0.15) is 0 Å². The third-order valence-corrected chi connectivity index (χ3v) is 5.16. The van der Waals surface area contributed by atoms with Crippen LogP contribution in [0.3, 0.4) is 0 Å². The highest BCUT2D eigenvalue weighted by molar-refractivity contribution is 7.99. The molecule has 148 valence electrons. The molecule has 0 aromatic heterocycles. The van der Waals surface area contributed by atoms with Gasteiger partial charge in [-0.1, -0.05) is 35.5 Å². The van der Waals surface area contributed by atoms with E-state index in [0.717, 1.165) is 31.0 Å². The summed E-state index contributed by atoms with van der Waals surface area (Å²) < 4.78 is 0. The highest BCUT2D eigenvalue weighted by atomic mass is 35.5. The predicted octanol–water partition coefficient (Wildman–Crippen LogP) is 4.39. The normalized spacial score (nSPS) is 12.0. The summed E-state index contributed by atoms with van der Waals surface area (Å²) in [4.78, 5) is 24.0. The van der Waals surface area contributed by atoms with Crippen LogP contribution in [0.1, 0.15) is 12.8 Å². The molecule has 0 saturated heterocycles. The average molecular weight is 421 g/mol. The first-order valence-corrected chi connectivity index (χ1v) is 9.79. The molecule has 6 nitrogen and oxygen atoms in total. The van der Waals surface area contributed by atoms with Crippen molar-refractivity contribution in [2.75, 3.05) is 18.0 Å². The number of nitrogens with zero attached hydrogens (tertiary/aromatic N) is 1. The van der Waals surface area contributed by atoms with Gasteiger partial charge in [0.2, 0.25) is 0 Å². The zero-order valence-electron chi connectivity index (χ0n) is 15.0. The summed E-state index contributed by atoms with van der Waals surface area (Å²) in [5.41, 5.74) is 8.09. The van der Waals surface area contributed by atoms with Crippen LogP contribution < -0.4 is 10.6 Å². The van der Waals surface area contributed by atoms with E-state index >= 15 is 0 Å². The second-order valence-electron chi connectivity index (χ2n) is 5.84. The lowest BCUT2D eigenvalue weighted by Gasteiger charge is -2.33. The number of fused-ring (bicyclic) bond motifs is 2. The van der Waals surface area contributed by atoms with Gasteiger partial charge in [-0.3, -0.25) is 0 Å². The lowest BCUT2D eigenvalue weighted by molar-refractivity contribution is -0.134. The van der Waals surface area contributed by atoms with E-state index in [0.29, 0.717) is 12.2 Å². The number of unbranched alkanes of at least 4 members (excludes halogenated alkanes) is 1. The summed E-state index contributed by atoms with van der Waals surface area (Å²) in [6, 6.07) is 14.6. The first-order chi connectivity index (χ1) is 13.4. The number of rotatable bonds is 6. The molecule has 0 atom stereocenters. The number of carbonyl (C=O) groups is 2. The van der Waals surface area contributed by atoms with Crippen molar-refractivity contribution in [2.24, 2.45) is 5.73 Å². The van der Waals surface area contributed by atoms with Gasteiger partial charge in [-0.2, -0.15) is 0 Å². The number of carboxylic acid groups (broad SMARTS) is 2. The van der Waals surface area contributed by atoms with Crippen LogP contribution in [-0.4, -0.2) is 35.2 Å². The molecule has 28 heavy (non-hydrogen) atoms. The summed E-state index contributed by atoms with van der Waals surface area (Å²) in [5.74, 6) is -2.51. The molecule has 0 aliphatic carbocycles. The van der Waals surface area contributed by atoms with Gasteiger partial charge in [0.05, 0.1) is 11.4 Å². The lowest BCUT2D eigenvalue weighted by Crippen LogP contribution is -2.22. The Morgan fingerprint density at radius 2 is 1.64 bits per heavy atom. The van der Waals surface area contributed by atoms with E-state index in [1.807, 2.05) is 17.8 Å².